The Bertz CT molecular complexity index is 2790. The van der Waals surface area contributed by atoms with Crippen molar-refractivity contribution in [2.75, 3.05) is 0 Å². The maximum Gasteiger partial charge on any atom is 0.0795 e. The molecular formula is C46H30N2. The van der Waals surface area contributed by atoms with E-state index in [-0.39, 0.29) is 0 Å². The second kappa shape index (κ2) is 10.6. The van der Waals surface area contributed by atoms with E-state index in [2.05, 4.69) is 191 Å². The van der Waals surface area contributed by atoms with Crippen molar-refractivity contribution in [3.8, 4) is 33.6 Å². The summed E-state index contributed by atoms with van der Waals surface area (Å²) in [5, 5.41) is 7.48. The van der Waals surface area contributed by atoms with Crippen LogP contribution in [0.25, 0.3) is 88.0 Å². The first kappa shape index (κ1) is 26.8. The highest BCUT2D eigenvalue weighted by molar-refractivity contribution is 6.34. The van der Waals surface area contributed by atoms with Crippen LogP contribution in [0, 0.1) is 0 Å². The van der Waals surface area contributed by atoms with Gasteiger partial charge in [-0.3, -0.25) is 0 Å². The van der Waals surface area contributed by atoms with Gasteiger partial charge < -0.3 is 9.13 Å². The molecular weight excluding hydrogens is 581 g/mol. The molecule has 0 aliphatic heterocycles. The van der Waals surface area contributed by atoms with Gasteiger partial charge in [0, 0.05) is 44.0 Å². The van der Waals surface area contributed by atoms with Gasteiger partial charge in [0.25, 0.3) is 0 Å². The molecule has 2 heteroatoms. The van der Waals surface area contributed by atoms with Crippen molar-refractivity contribution in [2.24, 2.45) is 0 Å². The fourth-order valence-corrected chi connectivity index (χ4v) is 7.90. The van der Waals surface area contributed by atoms with E-state index in [0.29, 0.717) is 0 Å². The Kier molecular flexibility index (Phi) is 5.91. The Labute approximate surface area is 278 Å². The van der Waals surface area contributed by atoms with E-state index in [1.807, 2.05) is 0 Å². The standard InChI is InChI=1S/C46H30N2/c1-5-17-31(18-6-1)41-42(32-19-7-2-8-20-32)44-38-29-33-21-13-14-22-34(33)30-40(38)48(36-25-11-4-12-26-36)46(44)45-43(41)37-27-15-16-28-39(37)47(45)35-23-9-3-10-24-35/h1-30H. The predicted octanol–water partition coefficient (Wildman–Crippen LogP) is 12.4. The van der Waals surface area contributed by atoms with Gasteiger partial charge >= 0.3 is 0 Å². The molecule has 8 aromatic carbocycles. The highest BCUT2D eigenvalue weighted by Gasteiger charge is 2.28. The number of hydrogen-bond acceptors (Lipinski definition) is 0. The molecule has 0 saturated carbocycles. The van der Waals surface area contributed by atoms with Crippen LogP contribution in [0.4, 0.5) is 0 Å². The summed E-state index contributed by atoms with van der Waals surface area (Å²) >= 11 is 0. The normalized spacial score (nSPS) is 11.8. The quantitative estimate of drug-likeness (QED) is 0.188. The molecule has 0 radical (unpaired) electrons. The number of benzene rings is 8. The van der Waals surface area contributed by atoms with Gasteiger partial charge in [-0.1, -0.05) is 140 Å². The number of aromatic nitrogens is 2. The minimum absolute atomic E-state index is 1.14. The molecule has 224 valence electrons. The Morgan fingerprint density at radius 2 is 0.729 bits per heavy atom. The minimum Gasteiger partial charge on any atom is -0.307 e. The monoisotopic (exact) mass is 610 g/mol. The van der Waals surface area contributed by atoms with Crippen LogP contribution < -0.4 is 0 Å². The van der Waals surface area contributed by atoms with Gasteiger partial charge in [-0.25, -0.2) is 0 Å². The van der Waals surface area contributed by atoms with E-state index < -0.39 is 0 Å². The SMILES string of the molecule is c1ccc(-c2c(-c3ccccc3)c3c4cc5ccccc5cc4n(-c4ccccc4)c3c3c2c2ccccc2n3-c2ccccc2)cc1. The molecule has 48 heavy (non-hydrogen) atoms. The van der Waals surface area contributed by atoms with Gasteiger partial charge in [-0.15, -0.1) is 0 Å². The molecule has 2 heterocycles. The van der Waals surface area contributed by atoms with Crippen LogP contribution in [0.3, 0.4) is 0 Å². The molecule has 0 bridgehead atoms. The second-order valence-electron chi connectivity index (χ2n) is 12.5. The van der Waals surface area contributed by atoms with Crippen LogP contribution in [0.5, 0.6) is 0 Å². The van der Waals surface area contributed by atoms with Crippen molar-refractivity contribution in [2.45, 2.75) is 0 Å². The number of nitrogens with zero attached hydrogens (tertiary/aromatic N) is 2. The van der Waals surface area contributed by atoms with Crippen LogP contribution in [0.1, 0.15) is 0 Å². The predicted molar refractivity (Wildman–Crippen MR) is 203 cm³/mol. The van der Waals surface area contributed by atoms with Crippen LogP contribution in [0.15, 0.2) is 182 Å². The molecule has 0 N–H and O–H groups in total. The number of fused-ring (bicyclic) bond motifs is 8. The molecule has 10 rings (SSSR count). The van der Waals surface area contributed by atoms with E-state index in [4.69, 9.17) is 0 Å². The van der Waals surface area contributed by atoms with Gasteiger partial charge in [-0.05, 0) is 64.4 Å². The van der Waals surface area contributed by atoms with Gasteiger partial charge in [0.2, 0.25) is 0 Å². The zero-order chi connectivity index (χ0) is 31.6. The highest BCUT2D eigenvalue weighted by Crippen LogP contribution is 2.52. The molecule has 0 fully saturated rings. The largest absolute Gasteiger partial charge is 0.307 e. The number of rotatable bonds is 4. The van der Waals surface area contributed by atoms with Crippen LogP contribution >= 0.6 is 0 Å². The molecule has 0 saturated heterocycles. The summed E-state index contributed by atoms with van der Waals surface area (Å²) in [4.78, 5) is 0. The van der Waals surface area contributed by atoms with Gasteiger partial charge in [0.1, 0.15) is 0 Å². The van der Waals surface area contributed by atoms with Crippen LogP contribution in [-0.2, 0) is 0 Å². The van der Waals surface area contributed by atoms with E-state index in [0.717, 1.165) is 11.4 Å². The molecule has 0 amide bonds. The molecule has 0 unspecified atom stereocenters. The average molecular weight is 611 g/mol. The highest BCUT2D eigenvalue weighted by atomic mass is 15.0. The molecule has 0 aliphatic carbocycles. The van der Waals surface area contributed by atoms with Crippen molar-refractivity contribution >= 4 is 54.4 Å². The van der Waals surface area contributed by atoms with Crippen molar-refractivity contribution in [1.29, 1.82) is 0 Å². The van der Waals surface area contributed by atoms with Crippen molar-refractivity contribution < 1.29 is 0 Å². The Morgan fingerprint density at radius 3 is 1.29 bits per heavy atom. The molecule has 0 atom stereocenters. The maximum atomic E-state index is 2.51. The lowest BCUT2D eigenvalue weighted by Gasteiger charge is -2.18. The van der Waals surface area contributed by atoms with Crippen molar-refractivity contribution in [1.82, 2.24) is 9.13 Å². The lowest BCUT2D eigenvalue weighted by Crippen LogP contribution is -2.00. The Hall–Kier alpha value is -6.38. The minimum atomic E-state index is 1.14. The van der Waals surface area contributed by atoms with Crippen molar-refractivity contribution in [3.05, 3.63) is 182 Å². The van der Waals surface area contributed by atoms with Gasteiger partial charge in [0.15, 0.2) is 0 Å². The Morgan fingerprint density at radius 1 is 0.312 bits per heavy atom. The zero-order valence-corrected chi connectivity index (χ0v) is 26.2. The first-order valence-electron chi connectivity index (χ1n) is 16.5. The van der Waals surface area contributed by atoms with E-state index >= 15 is 0 Å². The maximum absolute atomic E-state index is 2.51. The molecule has 0 spiro atoms. The first-order chi connectivity index (χ1) is 23.9. The summed E-state index contributed by atoms with van der Waals surface area (Å²) in [5.41, 5.74) is 12.0. The summed E-state index contributed by atoms with van der Waals surface area (Å²) in [6.45, 7) is 0. The average Bonchev–Trinajstić information content (AvgIpc) is 3.68. The fourth-order valence-electron chi connectivity index (χ4n) is 7.90. The van der Waals surface area contributed by atoms with Gasteiger partial charge in [0.05, 0.1) is 22.1 Å². The Balaban J connectivity index is 1.61. The summed E-state index contributed by atoms with van der Waals surface area (Å²) in [5.74, 6) is 0. The first-order valence-corrected chi connectivity index (χ1v) is 16.5. The lowest BCUT2D eigenvalue weighted by atomic mass is 9.87. The molecule has 2 nitrogen and oxygen atoms in total. The third-order valence-electron chi connectivity index (χ3n) is 9.84. The summed E-state index contributed by atoms with van der Waals surface area (Å²) in [7, 11) is 0. The van der Waals surface area contributed by atoms with E-state index in [1.165, 1.54) is 76.6 Å². The summed E-state index contributed by atoms with van der Waals surface area (Å²) < 4.78 is 5.01. The molecule has 0 aliphatic rings. The van der Waals surface area contributed by atoms with Crippen molar-refractivity contribution in [3.63, 3.8) is 0 Å². The molecule has 2 aromatic heterocycles. The summed E-state index contributed by atoms with van der Waals surface area (Å²) in [6.07, 6.45) is 0. The smallest absolute Gasteiger partial charge is 0.0795 e. The third-order valence-corrected chi connectivity index (χ3v) is 9.84. The number of hydrogen-bond donors (Lipinski definition) is 0. The summed E-state index contributed by atoms with van der Waals surface area (Å²) in [6, 6.07) is 66.2. The zero-order valence-electron chi connectivity index (χ0n) is 26.2. The number of para-hydroxylation sites is 3. The topological polar surface area (TPSA) is 9.86 Å². The van der Waals surface area contributed by atoms with Gasteiger partial charge in [-0.2, -0.15) is 0 Å². The third kappa shape index (κ3) is 3.87. The molecule has 10 aromatic rings. The lowest BCUT2D eigenvalue weighted by molar-refractivity contribution is 1.15. The van der Waals surface area contributed by atoms with E-state index in [1.54, 1.807) is 0 Å². The van der Waals surface area contributed by atoms with Crippen LogP contribution in [0.2, 0.25) is 0 Å². The van der Waals surface area contributed by atoms with Crippen LogP contribution in [-0.4, -0.2) is 9.13 Å². The van der Waals surface area contributed by atoms with E-state index in [9.17, 15) is 0 Å². The fraction of sp³-hybridized carbons (Fsp3) is 0. The second-order valence-corrected chi connectivity index (χ2v) is 12.5.